The summed E-state index contributed by atoms with van der Waals surface area (Å²) in [6.07, 6.45) is 0. The lowest BCUT2D eigenvalue weighted by atomic mass is 10.1. The van der Waals surface area contributed by atoms with E-state index in [1.165, 1.54) is 16.8 Å². The van der Waals surface area contributed by atoms with Gasteiger partial charge < -0.3 is 14.7 Å². The largest absolute Gasteiger partial charge is 0.493 e. The maximum atomic E-state index is 14.3. The number of hydrogen-bond acceptors (Lipinski definition) is 5. The quantitative estimate of drug-likeness (QED) is 0.431. The normalized spacial score (nSPS) is 14.1. The van der Waals surface area contributed by atoms with Crippen LogP contribution in [0.2, 0.25) is 0 Å². The van der Waals surface area contributed by atoms with Gasteiger partial charge in [-0.3, -0.25) is 0 Å². The van der Waals surface area contributed by atoms with Gasteiger partial charge in [0, 0.05) is 36.3 Å². The Labute approximate surface area is 195 Å². The molecule has 1 saturated heterocycles. The molecule has 7 nitrogen and oxygen atoms in total. The van der Waals surface area contributed by atoms with E-state index in [0.29, 0.717) is 30.2 Å². The molecule has 5 aromatic rings. The second-order valence-corrected chi connectivity index (χ2v) is 8.18. The van der Waals surface area contributed by atoms with Gasteiger partial charge in [0.2, 0.25) is 5.88 Å². The van der Waals surface area contributed by atoms with E-state index in [4.69, 9.17) is 9.84 Å². The van der Waals surface area contributed by atoms with Crippen molar-refractivity contribution < 1.29 is 14.2 Å². The number of ether oxygens (including phenoxy) is 1. The molecule has 0 unspecified atom stereocenters. The summed E-state index contributed by atoms with van der Waals surface area (Å²) in [6.45, 7) is 2.71. The highest BCUT2D eigenvalue weighted by Gasteiger charge is 2.20. The second-order valence-electron chi connectivity index (χ2n) is 8.18. The van der Waals surface area contributed by atoms with Crippen molar-refractivity contribution in [3.8, 4) is 34.1 Å². The molecule has 4 heterocycles. The molecule has 0 saturated carbocycles. The highest BCUT2D eigenvalue weighted by atomic mass is 19.1. The highest BCUT2D eigenvalue weighted by Crippen LogP contribution is 2.31. The van der Waals surface area contributed by atoms with E-state index >= 15 is 0 Å². The minimum atomic E-state index is -0.389. The van der Waals surface area contributed by atoms with Crippen LogP contribution in [0.5, 0.6) is 5.88 Å². The van der Waals surface area contributed by atoms with Gasteiger partial charge in [0.25, 0.3) is 0 Å². The van der Waals surface area contributed by atoms with Crippen LogP contribution in [0.1, 0.15) is 0 Å². The first kappa shape index (κ1) is 20.4. The topological polar surface area (TPSA) is 67.8 Å². The number of aromatic nitrogens is 4. The summed E-state index contributed by atoms with van der Waals surface area (Å²) in [6, 6.07) is 23.7. The molecule has 6 rings (SSSR count). The molecular formula is C26H22FN5O2. The lowest BCUT2D eigenvalue weighted by Crippen LogP contribution is -2.37. The van der Waals surface area contributed by atoms with Crippen molar-refractivity contribution in [1.82, 2.24) is 19.4 Å². The standard InChI is InChI=1S/C26H22FN5O2/c27-22-9-5-4-8-21(22)24-17-26(33)32(29-24)20-14-19-15-23(18-6-2-1-3-7-18)28-31(19)25(16-20)30-10-12-34-13-11-30/h1-9,14-17,33H,10-13H2. The molecule has 0 atom stereocenters. The van der Waals surface area contributed by atoms with Crippen molar-refractivity contribution in [1.29, 1.82) is 0 Å². The fraction of sp³-hybridized carbons (Fsp3) is 0.154. The van der Waals surface area contributed by atoms with Gasteiger partial charge >= 0.3 is 0 Å². The van der Waals surface area contributed by atoms with E-state index < -0.39 is 0 Å². The van der Waals surface area contributed by atoms with E-state index in [-0.39, 0.29) is 11.7 Å². The van der Waals surface area contributed by atoms with Crippen LogP contribution >= 0.6 is 0 Å². The number of morpholine rings is 1. The van der Waals surface area contributed by atoms with Gasteiger partial charge in [0.1, 0.15) is 11.6 Å². The fourth-order valence-corrected chi connectivity index (χ4v) is 4.32. The van der Waals surface area contributed by atoms with Crippen LogP contribution < -0.4 is 4.90 Å². The van der Waals surface area contributed by atoms with Gasteiger partial charge in [-0.2, -0.15) is 10.2 Å². The van der Waals surface area contributed by atoms with Gasteiger partial charge in [-0.25, -0.2) is 13.6 Å². The Balaban J connectivity index is 1.51. The molecule has 2 aromatic carbocycles. The summed E-state index contributed by atoms with van der Waals surface area (Å²) >= 11 is 0. The van der Waals surface area contributed by atoms with E-state index in [1.54, 1.807) is 18.2 Å². The van der Waals surface area contributed by atoms with Gasteiger partial charge in [-0.05, 0) is 24.3 Å². The average Bonchev–Trinajstić information content (AvgIpc) is 3.48. The number of pyridine rings is 1. The van der Waals surface area contributed by atoms with Gasteiger partial charge in [-0.1, -0.05) is 42.5 Å². The number of anilines is 1. The number of aromatic hydroxyl groups is 1. The van der Waals surface area contributed by atoms with Crippen molar-refractivity contribution >= 4 is 11.3 Å². The summed E-state index contributed by atoms with van der Waals surface area (Å²) < 4.78 is 23.2. The van der Waals surface area contributed by atoms with Gasteiger partial charge in [-0.15, -0.1) is 0 Å². The van der Waals surface area contributed by atoms with Crippen LogP contribution in [0.4, 0.5) is 10.2 Å². The first-order valence-corrected chi connectivity index (χ1v) is 11.1. The molecule has 1 aliphatic heterocycles. The molecule has 0 amide bonds. The SMILES string of the molecule is Oc1cc(-c2ccccc2F)nn1-c1cc(N2CCOCC2)n2nc(-c3ccccc3)cc2c1. The molecule has 0 bridgehead atoms. The minimum Gasteiger partial charge on any atom is -0.493 e. The van der Waals surface area contributed by atoms with Crippen molar-refractivity contribution in [3.63, 3.8) is 0 Å². The van der Waals surface area contributed by atoms with Crippen molar-refractivity contribution in [3.05, 3.63) is 84.7 Å². The van der Waals surface area contributed by atoms with Crippen LogP contribution in [0.15, 0.2) is 78.9 Å². The van der Waals surface area contributed by atoms with Crippen molar-refractivity contribution in [2.75, 3.05) is 31.2 Å². The molecular weight excluding hydrogens is 433 g/mol. The molecule has 0 spiro atoms. The first-order valence-electron chi connectivity index (χ1n) is 11.1. The van der Waals surface area contributed by atoms with Gasteiger partial charge in [0.05, 0.1) is 35.8 Å². The molecule has 1 N–H and O–H groups in total. The van der Waals surface area contributed by atoms with E-state index in [2.05, 4.69) is 10.00 Å². The maximum absolute atomic E-state index is 14.3. The Morgan fingerprint density at radius 3 is 2.38 bits per heavy atom. The molecule has 1 fully saturated rings. The van der Waals surface area contributed by atoms with E-state index in [1.807, 2.05) is 53.0 Å². The van der Waals surface area contributed by atoms with E-state index in [9.17, 15) is 9.50 Å². The predicted octanol–water partition coefficient (Wildman–Crippen LogP) is 4.54. The Morgan fingerprint density at radius 1 is 0.824 bits per heavy atom. The lowest BCUT2D eigenvalue weighted by molar-refractivity contribution is 0.122. The zero-order chi connectivity index (χ0) is 23.1. The monoisotopic (exact) mass is 455 g/mol. The molecule has 1 aliphatic rings. The zero-order valence-electron chi connectivity index (χ0n) is 18.3. The summed E-state index contributed by atoms with van der Waals surface area (Å²) in [5.74, 6) is 0.415. The summed E-state index contributed by atoms with van der Waals surface area (Å²) in [5.41, 5.74) is 4.09. The van der Waals surface area contributed by atoms with Crippen LogP contribution in [-0.4, -0.2) is 50.8 Å². The molecule has 170 valence electrons. The van der Waals surface area contributed by atoms with Gasteiger partial charge in [0.15, 0.2) is 0 Å². The van der Waals surface area contributed by atoms with Crippen LogP contribution in [-0.2, 0) is 4.74 Å². The third-order valence-electron chi connectivity index (χ3n) is 6.02. The van der Waals surface area contributed by atoms with E-state index in [0.717, 1.165) is 35.7 Å². The highest BCUT2D eigenvalue weighted by molar-refractivity contribution is 5.71. The van der Waals surface area contributed by atoms with Crippen LogP contribution in [0.3, 0.4) is 0 Å². The number of hydrogen-bond donors (Lipinski definition) is 1. The minimum absolute atomic E-state index is 0.0710. The van der Waals surface area contributed by atoms with Crippen LogP contribution in [0.25, 0.3) is 33.7 Å². The molecule has 3 aromatic heterocycles. The molecule has 8 heteroatoms. The number of fused-ring (bicyclic) bond motifs is 1. The third kappa shape index (κ3) is 3.58. The molecule has 0 radical (unpaired) electrons. The fourth-order valence-electron chi connectivity index (χ4n) is 4.32. The number of nitrogens with zero attached hydrogens (tertiary/aromatic N) is 5. The second kappa shape index (κ2) is 8.31. The Morgan fingerprint density at radius 2 is 1.59 bits per heavy atom. The summed E-state index contributed by atoms with van der Waals surface area (Å²) in [4.78, 5) is 2.21. The molecule has 0 aliphatic carbocycles. The molecule has 34 heavy (non-hydrogen) atoms. The first-order chi connectivity index (χ1) is 16.7. The van der Waals surface area contributed by atoms with Crippen molar-refractivity contribution in [2.45, 2.75) is 0 Å². The summed E-state index contributed by atoms with van der Waals surface area (Å²) in [7, 11) is 0. The maximum Gasteiger partial charge on any atom is 0.214 e. The Kier molecular flexibility index (Phi) is 5.00. The summed E-state index contributed by atoms with van der Waals surface area (Å²) in [5, 5.41) is 20.1. The van der Waals surface area contributed by atoms with Crippen molar-refractivity contribution in [2.24, 2.45) is 0 Å². The predicted molar refractivity (Wildman–Crippen MR) is 128 cm³/mol. The Bertz CT molecular complexity index is 1470. The number of halogens is 1. The average molecular weight is 455 g/mol. The number of rotatable bonds is 4. The Hall–Kier alpha value is -4.17. The van der Waals surface area contributed by atoms with Crippen LogP contribution in [0, 0.1) is 5.82 Å². The smallest absolute Gasteiger partial charge is 0.214 e. The lowest BCUT2D eigenvalue weighted by Gasteiger charge is -2.29. The zero-order valence-corrected chi connectivity index (χ0v) is 18.3. The third-order valence-corrected chi connectivity index (χ3v) is 6.02. The number of benzene rings is 2.